The molecule has 0 saturated carbocycles. The second-order valence-corrected chi connectivity index (χ2v) is 4.81. The van der Waals surface area contributed by atoms with E-state index in [0.717, 1.165) is 0 Å². The fraction of sp³-hybridized carbons (Fsp3) is 0.833. The maximum atomic E-state index is 12.1. The van der Waals surface area contributed by atoms with Crippen molar-refractivity contribution in [3.05, 3.63) is 0 Å². The number of carbonyl (C=O) groups excluding carboxylic acids is 2. The monoisotopic (exact) mass is 274 g/mol. The van der Waals surface area contributed by atoms with Crippen molar-refractivity contribution >= 4 is 11.9 Å². The van der Waals surface area contributed by atoms with Crippen LogP contribution in [0.3, 0.4) is 0 Å². The molecule has 2 unspecified atom stereocenters. The van der Waals surface area contributed by atoms with Crippen LogP contribution < -0.4 is 5.32 Å². The average molecular weight is 274 g/mol. The summed E-state index contributed by atoms with van der Waals surface area (Å²) in [5, 5.41) is 12.7. The molecule has 2 atom stereocenters. The summed E-state index contributed by atoms with van der Waals surface area (Å²) in [6, 6.07) is -0.478. The zero-order chi connectivity index (χ0) is 14.5. The van der Waals surface area contributed by atoms with Crippen molar-refractivity contribution in [2.24, 2.45) is 0 Å². The number of hydrogen-bond acceptors (Lipinski definition) is 6. The Bertz CT molecular complexity index is 326. The number of amides is 1. The molecule has 0 bridgehead atoms. The van der Waals surface area contributed by atoms with Crippen LogP contribution in [0.4, 0.5) is 0 Å². The molecule has 110 valence electrons. The maximum absolute atomic E-state index is 12.1. The third-order valence-electron chi connectivity index (χ3n) is 3.07. The second-order valence-electron chi connectivity index (χ2n) is 4.81. The fourth-order valence-electron chi connectivity index (χ4n) is 1.79. The van der Waals surface area contributed by atoms with Crippen molar-refractivity contribution in [2.75, 3.05) is 40.0 Å². The summed E-state index contributed by atoms with van der Waals surface area (Å²) >= 11 is 0. The van der Waals surface area contributed by atoms with Gasteiger partial charge < -0.3 is 24.8 Å². The Hall–Kier alpha value is -1.18. The SMILES string of the molecule is COC(=O)C(C)(O)CNC(C)C(=O)N1CCOCC1. The Kier molecular flexibility index (Phi) is 5.71. The van der Waals surface area contributed by atoms with Crippen molar-refractivity contribution in [2.45, 2.75) is 25.5 Å². The molecule has 7 heteroatoms. The van der Waals surface area contributed by atoms with Gasteiger partial charge in [-0.15, -0.1) is 0 Å². The predicted octanol–water partition coefficient (Wildman–Crippen LogP) is -1.25. The highest BCUT2D eigenvalue weighted by Crippen LogP contribution is 2.06. The summed E-state index contributed by atoms with van der Waals surface area (Å²) in [7, 11) is 1.21. The van der Waals surface area contributed by atoms with Crippen molar-refractivity contribution in [3.8, 4) is 0 Å². The van der Waals surface area contributed by atoms with Crippen LogP contribution in [0.2, 0.25) is 0 Å². The van der Waals surface area contributed by atoms with Crippen molar-refractivity contribution in [1.29, 1.82) is 0 Å². The van der Waals surface area contributed by atoms with Gasteiger partial charge >= 0.3 is 5.97 Å². The molecule has 2 N–H and O–H groups in total. The van der Waals surface area contributed by atoms with Crippen LogP contribution in [-0.2, 0) is 19.1 Å². The summed E-state index contributed by atoms with van der Waals surface area (Å²) in [6.45, 7) is 5.22. The Morgan fingerprint density at radius 2 is 2.05 bits per heavy atom. The van der Waals surface area contributed by atoms with E-state index in [0.29, 0.717) is 26.3 Å². The van der Waals surface area contributed by atoms with E-state index >= 15 is 0 Å². The van der Waals surface area contributed by atoms with Crippen molar-refractivity contribution in [3.63, 3.8) is 0 Å². The van der Waals surface area contributed by atoms with Crippen molar-refractivity contribution < 1.29 is 24.2 Å². The van der Waals surface area contributed by atoms with E-state index in [1.165, 1.54) is 14.0 Å². The third-order valence-corrected chi connectivity index (χ3v) is 3.07. The Morgan fingerprint density at radius 3 is 2.58 bits per heavy atom. The molecular formula is C12H22N2O5. The van der Waals surface area contributed by atoms with Crippen LogP contribution in [0.15, 0.2) is 0 Å². The van der Waals surface area contributed by atoms with Gasteiger partial charge in [-0.3, -0.25) is 4.79 Å². The van der Waals surface area contributed by atoms with Crippen LogP contribution in [-0.4, -0.2) is 73.5 Å². The first-order chi connectivity index (χ1) is 8.88. The molecular weight excluding hydrogens is 252 g/mol. The van der Waals surface area contributed by atoms with Gasteiger partial charge in [0.15, 0.2) is 5.60 Å². The molecule has 1 aliphatic rings. The molecule has 19 heavy (non-hydrogen) atoms. The van der Waals surface area contributed by atoms with E-state index in [1.54, 1.807) is 11.8 Å². The standard InChI is InChI=1S/C12H22N2O5/c1-9(10(15)14-4-6-19-7-5-14)13-8-12(2,17)11(16)18-3/h9,13,17H,4-8H2,1-3H3. The summed E-state index contributed by atoms with van der Waals surface area (Å²) in [5.41, 5.74) is -1.64. The number of carbonyl (C=O) groups is 2. The number of aliphatic hydroxyl groups is 1. The van der Waals surface area contributed by atoms with E-state index in [1.807, 2.05) is 0 Å². The highest BCUT2D eigenvalue weighted by atomic mass is 16.5. The number of methoxy groups -OCH3 is 1. The van der Waals surface area contributed by atoms with Gasteiger partial charge in [-0.05, 0) is 13.8 Å². The molecule has 0 aliphatic carbocycles. The van der Waals surface area contributed by atoms with Crippen LogP contribution in [0, 0.1) is 0 Å². The number of ether oxygens (including phenoxy) is 2. The predicted molar refractivity (Wildman–Crippen MR) is 67.5 cm³/mol. The topological polar surface area (TPSA) is 88.1 Å². The zero-order valence-corrected chi connectivity index (χ0v) is 11.6. The van der Waals surface area contributed by atoms with Crippen LogP contribution in [0.25, 0.3) is 0 Å². The molecule has 1 fully saturated rings. The first kappa shape index (κ1) is 15.9. The third kappa shape index (κ3) is 4.45. The van der Waals surface area contributed by atoms with Gasteiger partial charge in [0.2, 0.25) is 5.91 Å². The van der Waals surface area contributed by atoms with Gasteiger partial charge in [0.25, 0.3) is 0 Å². The van der Waals surface area contributed by atoms with Gasteiger partial charge in [-0.25, -0.2) is 4.79 Å². The molecule has 7 nitrogen and oxygen atoms in total. The van der Waals surface area contributed by atoms with Gasteiger partial charge in [0, 0.05) is 19.6 Å². The minimum Gasteiger partial charge on any atom is -0.467 e. The first-order valence-corrected chi connectivity index (χ1v) is 6.29. The zero-order valence-electron chi connectivity index (χ0n) is 11.6. The Labute approximate surface area is 112 Å². The van der Waals surface area contributed by atoms with E-state index in [2.05, 4.69) is 10.1 Å². The molecule has 0 aromatic carbocycles. The molecule has 1 saturated heterocycles. The molecule has 1 heterocycles. The number of esters is 1. The minimum atomic E-state index is -1.64. The number of hydrogen-bond donors (Lipinski definition) is 2. The summed E-state index contributed by atoms with van der Waals surface area (Å²) in [4.78, 5) is 25.1. The van der Waals surface area contributed by atoms with E-state index < -0.39 is 17.6 Å². The van der Waals surface area contributed by atoms with Crippen LogP contribution in [0.5, 0.6) is 0 Å². The van der Waals surface area contributed by atoms with E-state index in [-0.39, 0.29) is 12.5 Å². The summed E-state index contributed by atoms with van der Waals surface area (Å²) < 4.78 is 9.66. The van der Waals surface area contributed by atoms with Crippen molar-refractivity contribution in [1.82, 2.24) is 10.2 Å². The molecule has 0 aromatic rings. The fourth-order valence-corrected chi connectivity index (χ4v) is 1.79. The molecule has 0 radical (unpaired) electrons. The lowest BCUT2D eigenvalue weighted by molar-refractivity contribution is -0.160. The summed E-state index contributed by atoms with van der Waals surface area (Å²) in [6.07, 6.45) is 0. The maximum Gasteiger partial charge on any atom is 0.338 e. The van der Waals surface area contributed by atoms with Crippen LogP contribution in [0.1, 0.15) is 13.8 Å². The van der Waals surface area contributed by atoms with Gasteiger partial charge in [-0.2, -0.15) is 0 Å². The number of nitrogens with zero attached hydrogens (tertiary/aromatic N) is 1. The number of rotatable bonds is 5. The van der Waals surface area contributed by atoms with E-state index in [9.17, 15) is 14.7 Å². The molecule has 0 spiro atoms. The molecule has 1 aliphatic heterocycles. The first-order valence-electron chi connectivity index (χ1n) is 6.29. The summed E-state index contributed by atoms with van der Waals surface area (Å²) in [5.74, 6) is -0.796. The average Bonchev–Trinajstić information content (AvgIpc) is 2.43. The number of morpholine rings is 1. The molecule has 1 amide bonds. The van der Waals surface area contributed by atoms with Gasteiger partial charge in [0.05, 0.1) is 26.4 Å². The lowest BCUT2D eigenvalue weighted by atomic mass is 10.1. The minimum absolute atomic E-state index is 0.0447. The Morgan fingerprint density at radius 1 is 1.47 bits per heavy atom. The lowest BCUT2D eigenvalue weighted by Gasteiger charge is -2.30. The van der Waals surface area contributed by atoms with E-state index in [4.69, 9.17) is 4.74 Å². The van der Waals surface area contributed by atoms with Crippen LogP contribution >= 0.6 is 0 Å². The molecule has 0 aromatic heterocycles. The quantitative estimate of drug-likeness (QED) is 0.609. The highest BCUT2D eigenvalue weighted by molar-refractivity contribution is 5.82. The lowest BCUT2D eigenvalue weighted by Crippen LogP contribution is -2.53. The largest absolute Gasteiger partial charge is 0.467 e. The Balaban J connectivity index is 2.43. The highest BCUT2D eigenvalue weighted by Gasteiger charge is 2.33. The molecule has 1 rings (SSSR count). The number of nitrogens with one attached hydrogen (secondary N) is 1. The van der Waals surface area contributed by atoms with Gasteiger partial charge in [-0.1, -0.05) is 0 Å². The smallest absolute Gasteiger partial charge is 0.338 e. The second kappa shape index (κ2) is 6.83. The normalized spacial score (nSPS) is 20.5. The van der Waals surface area contributed by atoms with Gasteiger partial charge in [0.1, 0.15) is 0 Å².